The van der Waals surface area contributed by atoms with Crippen LogP contribution in [-0.2, 0) is 24.3 Å². The summed E-state index contributed by atoms with van der Waals surface area (Å²) in [6.45, 7) is 0.483. The van der Waals surface area contributed by atoms with E-state index in [9.17, 15) is 18.0 Å². The van der Waals surface area contributed by atoms with Crippen LogP contribution in [-0.4, -0.2) is 33.4 Å². The second-order valence-corrected chi connectivity index (χ2v) is 6.16. The number of hydrogen-bond donors (Lipinski definition) is 0. The van der Waals surface area contributed by atoms with Crippen molar-refractivity contribution in [1.29, 1.82) is 0 Å². The van der Waals surface area contributed by atoms with Gasteiger partial charge in [0, 0.05) is 10.9 Å². The predicted molar refractivity (Wildman–Crippen MR) is 69.2 cm³/mol. The predicted octanol–water partition coefficient (Wildman–Crippen LogP) is 1.38. The lowest BCUT2D eigenvalue weighted by atomic mass is 10.2. The molecule has 1 fully saturated rings. The highest BCUT2D eigenvalue weighted by Crippen LogP contribution is 2.28. The second kappa shape index (κ2) is 5.84. The third kappa shape index (κ3) is 2.96. The fourth-order valence-electron chi connectivity index (χ4n) is 1.52. The Hall–Kier alpha value is -1.54. The monoisotopic (exact) mass is 361 g/mol. The van der Waals surface area contributed by atoms with Gasteiger partial charge in [-0.25, -0.2) is 9.59 Å². The summed E-state index contributed by atoms with van der Waals surface area (Å²) >= 11 is 3.01. The van der Waals surface area contributed by atoms with Crippen LogP contribution in [0, 0.1) is 0 Å². The minimum Gasteiger partial charge on any atom is -0.432 e. The third-order valence-electron chi connectivity index (χ3n) is 2.50. The number of rotatable bonds is 4. The van der Waals surface area contributed by atoms with Crippen molar-refractivity contribution < 1.29 is 27.5 Å². The van der Waals surface area contributed by atoms with Crippen molar-refractivity contribution in [3.8, 4) is 0 Å². The van der Waals surface area contributed by atoms with Gasteiger partial charge in [-0.3, -0.25) is 0 Å². The molecule has 0 saturated carbocycles. The fraction of sp³-hybridized carbons (Fsp3) is 0.273. The van der Waals surface area contributed by atoms with Crippen LogP contribution >= 0.6 is 15.9 Å². The molecule has 1 heterocycles. The van der Waals surface area contributed by atoms with Gasteiger partial charge in [0.2, 0.25) is 6.29 Å². The molecule has 0 spiro atoms. The van der Waals surface area contributed by atoms with E-state index in [1.807, 2.05) is 0 Å². The molecular formula is C11H8BrNO6S. The molecule has 9 heteroatoms. The first kappa shape index (κ1) is 14.9. The molecule has 0 bridgehead atoms. The average Bonchev–Trinajstić information content (AvgIpc) is 2.32. The number of nitrogens with zero attached hydrogens (tertiary/aromatic N) is 1. The molecule has 7 nitrogen and oxygen atoms in total. The molecule has 0 amide bonds. The Bertz CT molecular complexity index is 691. The van der Waals surface area contributed by atoms with Gasteiger partial charge in [0.1, 0.15) is 4.90 Å². The number of hydrogen-bond acceptors (Lipinski definition) is 6. The zero-order chi connectivity index (χ0) is 14.8. The molecule has 1 unspecified atom stereocenters. The molecule has 0 aromatic heterocycles. The van der Waals surface area contributed by atoms with Crippen LogP contribution in [0.2, 0.25) is 0 Å². The largest absolute Gasteiger partial charge is 0.432 e. The molecule has 1 aromatic rings. The SMILES string of the molecule is O=C=NS(=O)(=O)c1c(Br)cccc1C(=O)OC1CCO1. The number of carbonyl (C=O) groups is 1. The van der Waals surface area contributed by atoms with Gasteiger partial charge in [-0.15, -0.1) is 0 Å². The lowest BCUT2D eigenvalue weighted by Crippen LogP contribution is -2.32. The Morgan fingerprint density at radius 1 is 1.50 bits per heavy atom. The van der Waals surface area contributed by atoms with Crippen molar-refractivity contribution in [2.75, 3.05) is 6.61 Å². The van der Waals surface area contributed by atoms with Crippen molar-refractivity contribution >= 4 is 38.0 Å². The molecule has 0 aliphatic carbocycles. The molecule has 20 heavy (non-hydrogen) atoms. The van der Waals surface area contributed by atoms with Crippen LogP contribution in [0.1, 0.15) is 16.8 Å². The molecule has 1 aromatic carbocycles. The Morgan fingerprint density at radius 2 is 2.20 bits per heavy atom. The highest BCUT2D eigenvalue weighted by Gasteiger charge is 2.29. The van der Waals surface area contributed by atoms with E-state index in [2.05, 4.69) is 20.3 Å². The second-order valence-electron chi connectivity index (χ2n) is 3.77. The smallest absolute Gasteiger partial charge is 0.341 e. The number of ether oxygens (including phenoxy) is 2. The van der Waals surface area contributed by atoms with E-state index < -0.39 is 27.2 Å². The van der Waals surface area contributed by atoms with Gasteiger partial charge in [-0.05, 0) is 28.1 Å². The van der Waals surface area contributed by atoms with Crippen molar-refractivity contribution in [2.45, 2.75) is 17.6 Å². The first-order valence-electron chi connectivity index (χ1n) is 5.41. The Morgan fingerprint density at radius 3 is 2.75 bits per heavy atom. The Labute approximate surface area is 122 Å². The highest BCUT2D eigenvalue weighted by molar-refractivity contribution is 9.10. The maximum atomic E-state index is 11.9. The van der Waals surface area contributed by atoms with E-state index in [4.69, 9.17) is 9.47 Å². The van der Waals surface area contributed by atoms with Gasteiger partial charge in [0.15, 0.2) is 0 Å². The summed E-state index contributed by atoms with van der Waals surface area (Å²) in [5, 5.41) is 0. The van der Waals surface area contributed by atoms with Gasteiger partial charge in [0.25, 0.3) is 16.1 Å². The van der Waals surface area contributed by atoms with Crippen LogP contribution in [0.3, 0.4) is 0 Å². The average molecular weight is 362 g/mol. The number of isocyanates is 1. The lowest BCUT2D eigenvalue weighted by Gasteiger charge is -2.25. The van der Waals surface area contributed by atoms with Gasteiger partial charge in [0.05, 0.1) is 12.2 Å². The molecule has 1 saturated heterocycles. The van der Waals surface area contributed by atoms with Gasteiger partial charge in [-0.2, -0.15) is 8.42 Å². The summed E-state index contributed by atoms with van der Waals surface area (Å²) in [5.41, 5.74) is -0.228. The number of halogens is 1. The summed E-state index contributed by atoms with van der Waals surface area (Å²) in [4.78, 5) is 21.7. The van der Waals surface area contributed by atoms with Gasteiger partial charge >= 0.3 is 5.97 Å². The van der Waals surface area contributed by atoms with E-state index in [1.54, 1.807) is 0 Å². The van der Waals surface area contributed by atoms with E-state index in [1.165, 1.54) is 18.2 Å². The van der Waals surface area contributed by atoms with E-state index in [0.717, 1.165) is 6.08 Å². The minimum absolute atomic E-state index is 0.0977. The molecule has 1 atom stereocenters. The van der Waals surface area contributed by atoms with Gasteiger partial charge < -0.3 is 9.47 Å². The van der Waals surface area contributed by atoms with Gasteiger partial charge in [-0.1, -0.05) is 10.5 Å². The maximum Gasteiger partial charge on any atom is 0.341 e. The first-order valence-corrected chi connectivity index (χ1v) is 7.64. The van der Waals surface area contributed by atoms with Crippen molar-refractivity contribution in [3.05, 3.63) is 28.2 Å². The standard InChI is InChI=1S/C11H8BrNO6S/c12-8-3-1-2-7(10(8)20(16,17)13-6-14)11(15)19-9-4-5-18-9/h1-3,9H,4-5H2. The summed E-state index contributed by atoms with van der Waals surface area (Å²) in [7, 11) is -4.33. The number of esters is 1. The summed E-state index contributed by atoms with van der Waals surface area (Å²) in [6, 6.07) is 4.13. The van der Waals surface area contributed by atoms with Crippen molar-refractivity contribution in [1.82, 2.24) is 0 Å². The lowest BCUT2D eigenvalue weighted by molar-refractivity contribution is -0.184. The van der Waals surface area contributed by atoms with Crippen molar-refractivity contribution in [3.63, 3.8) is 0 Å². The molecule has 2 rings (SSSR count). The zero-order valence-corrected chi connectivity index (χ0v) is 12.3. The summed E-state index contributed by atoms with van der Waals surface area (Å²) < 4.78 is 36.4. The fourth-order valence-corrected chi connectivity index (χ4v) is 3.43. The number of carbonyl (C=O) groups excluding carboxylic acids is 2. The van der Waals surface area contributed by atoms with Crippen LogP contribution in [0.5, 0.6) is 0 Å². The van der Waals surface area contributed by atoms with E-state index >= 15 is 0 Å². The Balaban J connectivity index is 2.45. The zero-order valence-electron chi connectivity index (χ0n) is 9.91. The molecule has 0 radical (unpaired) electrons. The molecule has 1 aliphatic heterocycles. The van der Waals surface area contributed by atoms with Crippen molar-refractivity contribution in [2.24, 2.45) is 4.40 Å². The quantitative estimate of drug-likeness (QED) is 0.456. The van der Waals surface area contributed by atoms with Crippen LogP contribution in [0.15, 0.2) is 32.0 Å². The highest BCUT2D eigenvalue weighted by atomic mass is 79.9. The molecular weight excluding hydrogens is 354 g/mol. The van der Waals surface area contributed by atoms with Crippen LogP contribution in [0.25, 0.3) is 0 Å². The normalized spacial score (nSPS) is 17.8. The van der Waals surface area contributed by atoms with E-state index in [0.29, 0.717) is 13.0 Å². The van der Waals surface area contributed by atoms with Crippen LogP contribution in [0.4, 0.5) is 0 Å². The third-order valence-corrected chi connectivity index (χ3v) is 4.69. The number of benzene rings is 1. The minimum atomic E-state index is -4.33. The molecule has 106 valence electrons. The Kier molecular flexibility index (Phi) is 4.34. The maximum absolute atomic E-state index is 11.9. The summed E-state index contributed by atoms with van der Waals surface area (Å²) in [5.74, 6) is -0.865. The summed E-state index contributed by atoms with van der Waals surface area (Å²) in [6.07, 6.45) is 0.828. The molecule has 1 aliphatic rings. The topological polar surface area (TPSA) is 99.1 Å². The van der Waals surface area contributed by atoms with E-state index in [-0.39, 0.29) is 10.0 Å². The van der Waals surface area contributed by atoms with Crippen LogP contribution < -0.4 is 0 Å². The number of sulfonamides is 1. The first-order chi connectivity index (χ1) is 9.45. The molecule has 0 N–H and O–H groups in total.